The number of fused-ring (bicyclic) bond motifs is 1. The average molecular weight is 397 g/mol. The number of nitrogens with one attached hydrogen (secondary N) is 2. The first-order valence-electron chi connectivity index (χ1n) is 8.68. The standard InChI is InChI=1S/C20H19N3O6/c1-11(12-4-7-17(28-2)18(8-12)29-3)22-20(25)19(24)15-10-21-16-6-5-13(23(26)27)9-14(15)16/h4-11,21H,1-3H3,(H,22,25). The van der Waals surface area contributed by atoms with Crippen molar-refractivity contribution in [2.75, 3.05) is 14.2 Å². The largest absolute Gasteiger partial charge is 0.493 e. The lowest BCUT2D eigenvalue weighted by molar-refractivity contribution is -0.384. The topological polar surface area (TPSA) is 124 Å². The van der Waals surface area contributed by atoms with Crippen molar-refractivity contribution in [3.63, 3.8) is 0 Å². The molecule has 29 heavy (non-hydrogen) atoms. The highest BCUT2D eigenvalue weighted by Crippen LogP contribution is 2.30. The van der Waals surface area contributed by atoms with Gasteiger partial charge in [0.2, 0.25) is 0 Å². The molecule has 1 unspecified atom stereocenters. The average Bonchev–Trinajstić information content (AvgIpc) is 3.15. The van der Waals surface area contributed by atoms with Gasteiger partial charge in [0.05, 0.1) is 30.7 Å². The second kappa shape index (κ2) is 8.01. The maximum atomic E-state index is 12.6. The number of H-pyrrole nitrogens is 1. The number of nitro benzene ring substituents is 1. The van der Waals surface area contributed by atoms with Crippen LogP contribution >= 0.6 is 0 Å². The van der Waals surface area contributed by atoms with E-state index in [-0.39, 0.29) is 11.3 Å². The lowest BCUT2D eigenvalue weighted by Gasteiger charge is -2.16. The molecule has 2 N–H and O–H groups in total. The van der Waals surface area contributed by atoms with E-state index in [0.717, 1.165) is 5.56 Å². The third-order valence-electron chi connectivity index (χ3n) is 4.58. The van der Waals surface area contributed by atoms with Crippen LogP contribution in [0.4, 0.5) is 5.69 Å². The quantitative estimate of drug-likeness (QED) is 0.273. The highest BCUT2D eigenvalue weighted by Gasteiger charge is 2.23. The molecule has 0 saturated heterocycles. The number of rotatable bonds is 7. The third-order valence-corrected chi connectivity index (χ3v) is 4.58. The van der Waals surface area contributed by atoms with Crippen LogP contribution in [0.15, 0.2) is 42.6 Å². The zero-order valence-corrected chi connectivity index (χ0v) is 16.0. The first-order valence-corrected chi connectivity index (χ1v) is 8.68. The van der Waals surface area contributed by atoms with Crippen molar-refractivity contribution in [2.24, 2.45) is 0 Å². The molecule has 0 aliphatic heterocycles. The molecule has 0 aliphatic carbocycles. The summed E-state index contributed by atoms with van der Waals surface area (Å²) in [6, 6.07) is 8.78. The predicted molar refractivity (Wildman–Crippen MR) is 105 cm³/mol. The summed E-state index contributed by atoms with van der Waals surface area (Å²) in [7, 11) is 3.03. The molecule has 150 valence electrons. The number of amides is 1. The van der Waals surface area contributed by atoms with Crippen molar-refractivity contribution < 1.29 is 24.0 Å². The number of Topliss-reactive ketones (excluding diaryl/α,β-unsaturated/α-hetero) is 1. The lowest BCUT2D eigenvalue weighted by atomic mass is 10.1. The Morgan fingerprint density at radius 2 is 1.83 bits per heavy atom. The molecule has 0 aliphatic rings. The number of aromatic amines is 1. The van der Waals surface area contributed by atoms with Gasteiger partial charge in [-0.15, -0.1) is 0 Å². The molecule has 2 aromatic carbocycles. The van der Waals surface area contributed by atoms with E-state index in [1.54, 1.807) is 25.1 Å². The van der Waals surface area contributed by atoms with Crippen molar-refractivity contribution >= 4 is 28.3 Å². The minimum Gasteiger partial charge on any atom is -0.493 e. The van der Waals surface area contributed by atoms with Gasteiger partial charge in [0.15, 0.2) is 11.5 Å². The molecule has 0 saturated carbocycles. The van der Waals surface area contributed by atoms with Gasteiger partial charge in [0.1, 0.15) is 0 Å². The molecule has 0 bridgehead atoms. The summed E-state index contributed by atoms with van der Waals surface area (Å²) in [5, 5.41) is 14.0. The van der Waals surface area contributed by atoms with Crippen LogP contribution in [0.1, 0.15) is 28.9 Å². The van der Waals surface area contributed by atoms with Crippen molar-refractivity contribution in [3.05, 3.63) is 63.8 Å². The van der Waals surface area contributed by atoms with E-state index in [2.05, 4.69) is 10.3 Å². The number of carbonyl (C=O) groups is 2. The van der Waals surface area contributed by atoms with Crippen LogP contribution in [0.5, 0.6) is 11.5 Å². The molecule has 0 radical (unpaired) electrons. The van der Waals surface area contributed by atoms with Crippen LogP contribution in [-0.4, -0.2) is 35.8 Å². The molecule has 0 fully saturated rings. The second-order valence-electron chi connectivity index (χ2n) is 6.33. The molecule has 3 aromatic rings. The number of benzene rings is 2. The molecule has 9 nitrogen and oxygen atoms in total. The summed E-state index contributed by atoms with van der Waals surface area (Å²) in [6.07, 6.45) is 1.37. The van der Waals surface area contributed by atoms with Crippen molar-refractivity contribution in [1.82, 2.24) is 10.3 Å². The number of hydrogen-bond donors (Lipinski definition) is 2. The van der Waals surface area contributed by atoms with Gasteiger partial charge in [0, 0.05) is 29.2 Å². The van der Waals surface area contributed by atoms with Crippen molar-refractivity contribution in [1.29, 1.82) is 0 Å². The summed E-state index contributed by atoms with van der Waals surface area (Å²) in [4.78, 5) is 38.4. The fourth-order valence-corrected chi connectivity index (χ4v) is 3.00. The van der Waals surface area contributed by atoms with E-state index in [4.69, 9.17) is 9.47 Å². The van der Waals surface area contributed by atoms with E-state index in [1.165, 1.54) is 38.6 Å². The summed E-state index contributed by atoms with van der Waals surface area (Å²) in [5.41, 5.74) is 1.16. The molecular weight excluding hydrogens is 378 g/mol. The molecule has 1 aromatic heterocycles. The van der Waals surface area contributed by atoms with Crippen LogP contribution in [0.25, 0.3) is 10.9 Å². The van der Waals surface area contributed by atoms with Crippen LogP contribution in [0.2, 0.25) is 0 Å². The van der Waals surface area contributed by atoms with Gasteiger partial charge < -0.3 is 19.8 Å². The van der Waals surface area contributed by atoms with E-state index in [0.29, 0.717) is 22.4 Å². The smallest absolute Gasteiger partial charge is 0.292 e. The van der Waals surface area contributed by atoms with Crippen LogP contribution < -0.4 is 14.8 Å². The Labute approximate surface area is 165 Å². The molecule has 1 amide bonds. The first-order chi connectivity index (χ1) is 13.8. The first kappa shape index (κ1) is 19.9. The minimum atomic E-state index is -0.820. The second-order valence-corrected chi connectivity index (χ2v) is 6.33. The van der Waals surface area contributed by atoms with E-state index in [9.17, 15) is 19.7 Å². The Bertz CT molecular complexity index is 1100. The molecule has 0 spiro atoms. The number of non-ortho nitro benzene ring substituents is 1. The summed E-state index contributed by atoms with van der Waals surface area (Å²) >= 11 is 0. The van der Waals surface area contributed by atoms with Crippen LogP contribution in [-0.2, 0) is 4.79 Å². The van der Waals surface area contributed by atoms with Gasteiger partial charge >= 0.3 is 0 Å². The maximum Gasteiger partial charge on any atom is 0.292 e. The number of nitrogens with zero attached hydrogens (tertiary/aromatic N) is 1. The Morgan fingerprint density at radius 1 is 1.10 bits per heavy atom. The SMILES string of the molecule is COc1ccc(C(C)NC(=O)C(=O)c2c[nH]c3ccc([N+](=O)[O-])cc23)cc1OC. The highest BCUT2D eigenvalue weighted by molar-refractivity contribution is 6.45. The van der Waals surface area contributed by atoms with E-state index < -0.39 is 22.7 Å². The molecule has 1 atom stereocenters. The van der Waals surface area contributed by atoms with Gasteiger partial charge in [-0.1, -0.05) is 6.07 Å². The number of nitro groups is 1. The fraction of sp³-hybridized carbons (Fsp3) is 0.200. The number of aromatic nitrogens is 1. The van der Waals surface area contributed by atoms with E-state index in [1.807, 2.05) is 0 Å². The fourth-order valence-electron chi connectivity index (χ4n) is 3.00. The van der Waals surface area contributed by atoms with Crippen molar-refractivity contribution in [2.45, 2.75) is 13.0 Å². The summed E-state index contributed by atoms with van der Waals surface area (Å²) in [6.45, 7) is 1.73. The summed E-state index contributed by atoms with van der Waals surface area (Å²) in [5.74, 6) is -0.559. The lowest BCUT2D eigenvalue weighted by Crippen LogP contribution is -2.33. The van der Waals surface area contributed by atoms with Gasteiger partial charge in [0.25, 0.3) is 17.4 Å². The number of ether oxygens (including phenoxy) is 2. The minimum absolute atomic E-state index is 0.0701. The molecular formula is C20H19N3O6. The van der Waals surface area contributed by atoms with Gasteiger partial charge in [-0.2, -0.15) is 0 Å². The van der Waals surface area contributed by atoms with Crippen LogP contribution in [0.3, 0.4) is 0 Å². The molecule has 1 heterocycles. The Balaban J connectivity index is 1.82. The number of ketones is 1. The number of methoxy groups -OCH3 is 2. The van der Waals surface area contributed by atoms with Gasteiger partial charge in [-0.05, 0) is 30.7 Å². The highest BCUT2D eigenvalue weighted by atomic mass is 16.6. The Morgan fingerprint density at radius 3 is 2.48 bits per heavy atom. The van der Waals surface area contributed by atoms with Gasteiger partial charge in [-0.25, -0.2) is 0 Å². The molecule has 9 heteroatoms. The third kappa shape index (κ3) is 3.88. The number of hydrogen-bond acceptors (Lipinski definition) is 6. The maximum absolute atomic E-state index is 12.6. The Hall–Kier alpha value is -3.88. The normalized spacial score (nSPS) is 11.7. The summed E-state index contributed by atoms with van der Waals surface area (Å²) < 4.78 is 10.4. The predicted octanol–water partition coefficient (Wildman–Crippen LogP) is 3.15. The molecule has 3 rings (SSSR count). The Kier molecular flexibility index (Phi) is 5.49. The van der Waals surface area contributed by atoms with Gasteiger partial charge in [-0.3, -0.25) is 19.7 Å². The zero-order chi connectivity index (χ0) is 21.1. The van der Waals surface area contributed by atoms with Crippen LogP contribution in [0, 0.1) is 10.1 Å². The van der Waals surface area contributed by atoms with Crippen molar-refractivity contribution in [3.8, 4) is 11.5 Å². The van der Waals surface area contributed by atoms with E-state index >= 15 is 0 Å². The monoisotopic (exact) mass is 397 g/mol. The number of carbonyl (C=O) groups excluding carboxylic acids is 2. The zero-order valence-electron chi connectivity index (χ0n) is 16.0.